The van der Waals surface area contributed by atoms with Crippen molar-refractivity contribution in [3.63, 3.8) is 0 Å². The van der Waals surface area contributed by atoms with Crippen LogP contribution < -0.4 is 4.90 Å². The summed E-state index contributed by atoms with van der Waals surface area (Å²) in [7, 11) is 0. The lowest BCUT2D eigenvalue weighted by Crippen LogP contribution is -2.41. The highest BCUT2D eigenvalue weighted by molar-refractivity contribution is 5.99. The Balaban J connectivity index is 1.93. The molecule has 3 rings (SSSR count). The maximum atomic E-state index is 13.0. The largest absolute Gasteiger partial charge is 0.311 e. The van der Waals surface area contributed by atoms with E-state index in [0.717, 1.165) is 25.1 Å². The molecule has 1 atom stereocenters. The fourth-order valence-electron chi connectivity index (χ4n) is 3.75. The molecule has 1 unspecified atom stereocenters. The van der Waals surface area contributed by atoms with E-state index in [2.05, 4.69) is 62.4 Å². The van der Waals surface area contributed by atoms with Crippen LogP contribution in [0.5, 0.6) is 0 Å². The van der Waals surface area contributed by atoms with Gasteiger partial charge in [0, 0.05) is 23.1 Å². The quantitative estimate of drug-likeness (QED) is 0.747. The summed E-state index contributed by atoms with van der Waals surface area (Å²) in [6.07, 6.45) is 2.07. The summed E-state index contributed by atoms with van der Waals surface area (Å²) >= 11 is 0. The Labute approximate surface area is 151 Å². The SMILES string of the molecule is Cc1ccc2c(c1)C(C)(CCc1ccccc1)CN2C(=O)C(C)(C)C. The number of hydrogen-bond donors (Lipinski definition) is 0. The highest BCUT2D eigenvalue weighted by Gasteiger charge is 2.43. The van der Waals surface area contributed by atoms with Gasteiger partial charge < -0.3 is 4.90 Å². The summed E-state index contributed by atoms with van der Waals surface area (Å²) in [5.74, 6) is 0.209. The van der Waals surface area contributed by atoms with Gasteiger partial charge in [-0.25, -0.2) is 0 Å². The minimum absolute atomic E-state index is 0.00188. The molecule has 2 aromatic rings. The van der Waals surface area contributed by atoms with E-state index in [1.54, 1.807) is 0 Å². The lowest BCUT2D eigenvalue weighted by Gasteiger charge is -2.29. The molecule has 0 N–H and O–H groups in total. The molecule has 132 valence electrons. The van der Waals surface area contributed by atoms with Gasteiger partial charge >= 0.3 is 0 Å². The second kappa shape index (κ2) is 6.33. The number of aryl methyl sites for hydroxylation is 2. The van der Waals surface area contributed by atoms with Crippen LogP contribution in [-0.4, -0.2) is 12.5 Å². The molecule has 0 radical (unpaired) electrons. The highest BCUT2D eigenvalue weighted by Crippen LogP contribution is 2.45. The van der Waals surface area contributed by atoms with Gasteiger partial charge in [0.05, 0.1) is 0 Å². The number of hydrogen-bond acceptors (Lipinski definition) is 1. The fraction of sp³-hybridized carbons (Fsp3) is 0.435. The van der Waals surface area contributed by atoms with E-state index in [-0.39, 0.29) is 16.7 Å². The van der Waals surface area contributed by atoms with Gasteiger partial charge in [-0.05, 0) is 37.0 Å². The molecule has 1 heterocycles. The van der Waals surface area contributed by atoms with Gasteiger partial charge in [0.15, 0.2) is 0 Å². The number of benzene rings is 2. The number of carbonyl (C=O) groups is 1. The van der Waals surface area contributed by atoms with Crippen molar-refractivity contribution in [2.24, 2.45) is 5.41 Å². The van der Waals surface area contributed by atoms with Crippen molar-refractivity contribution in [1.82, 2.24) is 0 Å². The zero-order chi connectivity index (χ0) is 18.2. The fourth-order valence-corrected chi connectivity index (χ4v) is 3.75. The van der Waals surface area contributed by atoms with Crippen molar-refractivity contribution in [1.29, 1.82) is 0 Å². The minimum atomic E-state index is -0.368. The lowest BCUT2D eigenvalue weighted by molar-refractivity contribution is -0.125. The number of carbonyl (C=O) groups excluding carboxylic acids is 1. The molecule has 0 spiro atoms. The van der Waals surface area contributed by atoms with Crippen LogP contribution in [0, 0.1) is 12.3 Å². The Morgan fingerprint density at radius 3 is 2.44 bits per heavy atom. The first-order valence-corrected chi connectivity index (χ1v) is 9.18. The van der Waals surface area contributed by atoms with E-state index in [9.17, 15) is 4.79 Å². The number of amides is 1. The van der Waals surface area contributed by atoms with Gasteiger partial charge in [0.2, 0.25) is 5.91 Å². The summed E-state index contributed by atoms with van der Waals surface area (Å²) in [4.78, 5) is 15.0. The second-order valence-corrected chi connectivity index (χ2v) is 8.71. The monoisotopic (exact) mass is 335 g/mol. The van der Waals surface area contributed by atoms with Crippen LogP contribution in [0.25, 0.3) is 0 Å². The van der Waals surface area contributed by atoms with Crippen LogP contribution in [0.4, 0.5) is 5.69 Å². The molecule has 2 heteroatoms. The van der Waals surface area contributed by atoms with Crippen LogP contribution in [0.15, 0.2) is 48.5 Å². The van der Waals surface area contributed by atoms with Crippen LogP contribution in [0.2, 0.25) is 0 Å². The minimum Gasteiger partial charge on any atom is -0.311 e. The van der Waals surface area contributed by atoms with Crippen molar-refractivity contribution in [2.75, 3.05) is 11.4 Å². The normalized spacial score (nSPS) is 19.8. The topological polar surface area (TPSA) is 20.3 Å². The van der Waals surface area contributed by atoms with Crippen molar-refractivity contribution >= 4 is 11.6 Å². The maximum Gasteiger partial charge on any atom is 0.232 e. The molecule has 1 aliphatic rings. The molecular weight excluding hydrogens is 306 g/mol. The molecule has 0 saturated heterocycles. The van der Waals surface area contributed by atoms with Gasteiger partial charge in [0.25, 0.3) is 0 Å². The Morgan fingerprint density at radius 1 is 1.12 bits per heavy atom. The predicted octanol–water partition coefficient (Wildman–Crippen LogP) is 5.28. The summed E-state index contributed by atoms with van der Waals surface area (Å²) < 4.78 is 0. The second-order valence-electron chi connectivity index (χ2n) is 8.71. The molecule has 0 aromatic heterocycles. The smallest absolute Gasteiger partial charge is 0.232 e. The molecule has 2 aromatic carbocycles. The molecule has 0 bridgehead atoms. The molecule has 1 aliphatic heterocycles. The first-order valence-electron chi connectivity index (χ1n) is 9.18. The summed E-state index contributed by atoms with van der Waals surface area (Å²) in [6.45, 7) is 11.2. The zero-order valence-corrected chi connectivity index (χ0v) is 16.1. The number of fused-ring (bicyclic) bond motifs is 1. The van der Waals surface area contributed by atoms with Crippen LogP contribution in [0.1, 0.15) is 50.8 Å². The summed E-state index contributed by atoms with van der Waals surface area (Å²) in [6, 6.07) is 17.1. The van der Waals surface area contributed by atoms with Crippen LogP contribution in [-0.2, 0) is 16.6 Å². The Bertz CT molecular complexity index is 772. The summed E-state index contributed by atoms with van der Waals surface area (Å²) in [5, 5.41) is 0. The van der Waals surface area contributed by atoms with E-state index < -0.39 is 0 Å². The van der Waals surface area contributed by atoms with E-state index >= 15 is 0 Å². The van der Waals surface area contributed by atoms with E-state index in [4.69, 9.17) is 0 Å². The first kappa shape index (κ1) is 17.7. The third-order valence-corrected chi connectivity index (χ3v) is 5.30. The van der Waals surface area contributed by atoms with Gasteiger partial charge in [-0.2, -0.15) is 0 Å². The Kier molecular flexibility index (Phi) is 4.49. The molecule has 1 amide bonds. The zero-order valence-electron chi connectivity index (χ0n) is 16.1. The van der Waals surface area contributed by atoms with Crippen molar-refractivity contribution < 1.29 is 4.79 Å². The van der Waals surface area contributed by atoms with Crippen molar-refractivity contribution in [2.45, 2.75) is 52.9 Å². The molecular formula is C23H29NO. The third kappa shape index (κ3) is 3.49. The number of anilines is 1. The molecule has 2 nitrogen and oxygen atoms in total. The highest BCUT2D eigenvalue weighted by atomic mass is 16.2. The molecule has 0 fully saturated rings. The third-order valence-electron chi connectivity index (χ3n) is 5.30. The lowest BCUT2D eigenvalue weighted by atomic mass is 9.79. The maximum absolute atomic E-state index is 13.0. The average Bonchev–Trinajstić information content (AvgIpc) is 2.85. The van der Waals surface area contributed by atoms with Crippen LogP contribution in [0.3, 0.4) is 0 Å². The standard InChI is InChI=1S/C23H29NO/c1-17-11-12-20-19(15-17)23(5,14-13-18-9-7-6-8-10-18)16-24(20)21(25)22(2,3)4/h6-12,15H,13-14,16H2,1-5H3. The first-order chi connectivity index (χ1) is 11.7. The number of nitrogens with zero attached hydrogens (tertiary/aromatic N) is 1. The average molecular weight is 335 g/mol. The predicted molar refractivity (Wildman–Crippen MR) is 105 cm³/mol. The van der Waals surface area contributed by atoms with Gasteiger partial charge in [-0.1, -0.05) is 75.7 Å². The molecule has 0 saturated carbocycles. The Morgan fingerprint density at radius 2 is 1.80 bits per heavy atom. The van der Waals surface area contributed by atoms with E-state index in [1.807, 2.05) is 25.7 Å². The van der Waals surface area contributed by atoms with E-state index in [1.165, 1.54) is 16.7 Å². The van der Waals surface area contributed by atoms with Gasteiger partial charge in [-0.15, -0.1) is 0 Å². The summed E-state index contributed by atoms with van der Waals surface area (Å²) in [5.41, 5.74) is 4.67. The Hall–Kier alpha value is -2.09. The van der Waals surface area contributed by atoms with Crippen LogP contribution >= 0.6 is 0 Å². The molecule has 25 heavy (non-hydrogen) atoms. The van der Waals surface area contributed by atoms with E-state index in [0.29, 0.717) is 0 Å². The molecule has 0 aliphatic carbocycles. The van der Waals surface area contributed by atoms with Crippen molar-refractivity contribution in [3.8, 4) is 0 Å². The van der Waals surface area contributed by atoms with Gasteiger partial charge in [-0.3, -0.25) is 4.79 Å². The van der Waals surface area contributed by atoms with Gasteiger partial charge in [0.1, 0.15) is 0 Å². The number of rotatable bonds is 3. The van der Waals surface area contributed by atoms with Crippen molar-refractivity contribution in [3.05, 3.63) is 65.2 Å².